The Kier molecular flexibility index (Phi) is 4.19. The van der Waals surface area contributed by atoms with E-state index in [4.69, 9.17) is 0 Å². The number of benzene rings is 2. The maximum absolute atomic E-state index is 13.2. The zero-order valence-electron chi connectivity index (χ0n) is 9.46. The Morgan fingerprint density at radius 2 is 0.947 bits per heavy atom. The number of halogens is 5. The summed E-state index contributed by atoms with van der Waals surface area (Å²) in [6.45, 7) is 0. The van der Waals surface area contributed by atoms with Crippen molar-refractivity contribution < 1.29 is 22.0 Å². The van der Waals surface area contributed by atoms with Gasteiger partial charge in [0.05, 0.1) is 0 Å². The van der Waals surface area contributed by atoms with E-state index in [0.717, 1.165) is 24.3 Å². The Hall–Kier alpha value is -1.03. The SMILES string of the molecule is Fc1cc[c]([Bi]([c]2ccc(F)cc2)[C](F)(F)F)cc1. The molecule has 0 saturated carbocycles. The Balaban J connectivity index is 2.47. The summed E-state index contributed by atoms with van der Waals surface area (Å²) in [5.74, 6) is -1.15. The molecule has 2 aromatic carbocycles. The van der Waals surface area contributed by atoms with E-state index in [1.54, 1.807) is 0 Å². The van der Waals surface area contributed by atoms with Gasteiger partial charge in [-0.1, -0.05) is 0 Å². The molecular weight excluding hydrogens is 460 g/mol. The molecule has 0 saturated heterocycles. The van der Waals surface area contributed by atoms with E-state index in [0.29, 0.717) is 0 Å². The van der Waals surface area contributed by atoms with E-state index in [1.165, 1.54) is 24.3 Å². The summed E-state index contributed by atoms with van der Waals surface area (Å²) >= 11 is -4.27. The van der Waals surface area contributed by atoms with Crippen LogP contribution in [0.2, 0.25) is 0 Å². The second-order valence-electron chi connectivity index (χ2n) is 3.76. The molecule has 0 bridgehead atoms. The standard InChI is InChI=1S/2C6H4F.CF3.Bi/c2*7-6-4-2-1-3-5-6;2-1(3)4;/h2*2-5H;;. The summed E-state index contributed by atoms with van der Waals surface area (Å²) in [6.07, 6.45) is 0. The Morgan fingerprint density at radius 1 is 0.632 bits per heavy atom. The maximum atomic E-state index is 13.2. The van der Waals surface area contributed by atoms with Crippen molar-refractivity contribution in [3.63, 3.8) is 0 Å². The quantitative estimate of drug-likeness (QED) is 0.470. The first-order chi connectivity index (χ1) is 8.88. The monoisotopic (exact) mass is 468 g/mol. The van der Waals surface area contributed by atoms with Crippen molar-refractivity contribution in [1.82, 2.24) is 0 Å². The van der Waals surface area contributed by atoms with Crippen molar-refractivity contribution in [3.8, 4) is 0 Å². The molecule has 19 heavy (non-hydrogen) atoms. The fourth-order valence-electron chi connectivity index (χ4n) is 1.62. The van der Waals surface area contributed by atoms with Crippen LogP contribution in [0.15, 0.2) is 48.5 Å². The van der Waals surface area contributed by atoms with Crippen LogP contribution in [0.1, 0.15) is 0 Å². The summed E-state index contributed by atoms with van der Waals surface area (Å²) in [6, 6.07) is 8.77. The second-order valence-corrected chi connectivity index (χ2v) is 12.4. The van der Waals surface area contributed by atoms with Gasteiger partial charge in [-0.05, 0) is 0 Å². The molecule has 0 fully saturated rings. The average Bonchev–Trinajstić information content (AvgIpc) is 2.33. The molecule has 0 radical (unpaired) electrons. The van der Waals surface area contributed by atoms with Gasteiger partial charge in [0, 0.05) is 0 Å². The van der Waals surface area contributed by atoms with Crippen molar-refractivity contribution >= 4 is 28.3 Å². The minimum atomic E-state index is -4.33. The number of hydrogen-bond acceptors (Lipinski definition) is 0. The van der Waals surface area contributed by atoms with Crippen LogP contribution in [0.5, 0.6) is 0 Å². The normalized spacial score (nSPS) is 11.9. The van der Waals surface area contributed by atoms with Gasteiger partial charge < -0.3 is 0 Å². The Bertz CT molecular complexity index is 499. The van der Waals surface area contributed by atoms with Crippen LogP contribution >= 0.6 is 0 Å². The predicted molar refractivity (Wildman–Crippen MR) is 63.9 cm³/mol. The number of rotatable bonds is 2. The minimum absolute atomic E-state index is 0.121. The van der Waals surface area contributed by atoms with Crippen molar-refractivity contribution in [3.05, 3.63) is 60.2 Å². The fraction of sp³-hybridized carbons (Fsp3) is 0.0769. The van der Waals surface area contributed by atoms with E-state index in [1.807, 2.05) is 0 Å². The predicted octanol–water partition coefficient (Wildman–Crippen LogP) is 2.68. The molecule has 0 aliphatic carbocycles. The molecule has 2 aromatic rings. The molecular formula is C13H8BiF5. The molecule has 0 unspecified atom stereocenters. The summed E-state index contributed by atoms with van der Waals surface area (Å²) in [4.78, 5) is 0. The summed E-state index contributed by atoms with van der Waals surface area (Å²) < 4.78 is 61.1. The first-order valence-electron chi connectivity index (χ1n) is 5.26. The van der Waals surface area contributed by atoms with Gasteiger partial charge in [0.1, 0.15) is 0 Å². The van der Waals surface area contributed by atoms with Crippen LogP contribution in [-0.2, 0) is 0 Å². The number of alkyl halides is 3. The van der Waals surface area contributed by atoms with Gasteiger partial charge in [0.15, 0.2) is 0 Å². The van der Waals surface area contributed by atoms with Crippen LogP contribution < -0.4 is 6.54 Å². The van der Waals surface area contributed by atoms with E-state index in [-0.39, 0.29) is 6.54 Å². The molecule has 0 N–H and O–H groups in total. The molecule has 2 rings (SSSR count). The van der Waals surface area contributed by atoms with Gasteiger partial charge in [0.2, 0.25) is 0 Å². The third-order valence-electron chi connectivity index (χ3n) is 2.42. The summed E-state index contributed by atoms with van der Waals surface area (Å²) in [7, 11) is 0. The van der Waals surface area contributed by atoms with Gasteiger partial charge in [-0.15, -0.1) is 0 Å². The van der Waals surface area contributed by atoms with Gasteiger partial charge in [-0.25, -0.2) is 0 Å². The van der Waals surface area contributed by atoms with Gasteiger partial charge in [0.25, 0.3) is 0 Å². The van der Waals surface area contributed by atoms with Crippen molar-refractivity contribution in [2.45, 2.75) is 3.88 Å². The van der Waals surface area contributed by atoms with Crippen molar-refractivity contribution in [2.24, 2.45) is 0 Å². The average molecular weight is 468 g/mol. The molecule has 0 aromatic heterocycles. The molecule has 0 spiro atoms. The van der Waals surface area contributed by atoms with Crippen LogP contribution in [0, 0.1) is 11.6 Å². The first kappa shape index (κ1) is 14.4. The Morgan fingerprint density at radius 3 is 1.21 bits per heavy atom. The molecule has 100 valence electrons. The van der Waals surface area contributed by atoms with E-state index in [2.05, 4.69) is 0 Å². The van der Waals surface area contributed by atoms with Crippen molar-refractivity contribution in [1.29, 1.82) is 0 Å². The molecule has 0 aliphatic rings. The third-order valence-corrected chi connectivity index (χ3v) is 10.7. The summed E-state index contributed by atoms with van der Waals surface area (Å²) in [5, 5.41) is 0. The van der Waals surface area contributed by atoms with Crippen LogP contribution in [-0.4, -0.2) is 25.6 Å². The topological polar surface area (TPSA) is 0 Å². The Labute approximate surface area is 114 Å². The van der Waals surface area contributed by atoms with E-state index < -0.39 is 37.3 Å². The third kappa shape index (κ3) is 3.50. The first-order valence-corrected chi connectivity index (χ1v) is 10.5. The fourth-order valence-corrected chi connectivity index (χ4v) is 8.53. The molecule has 0 amide bonds. The molecule has 6 heteroatoms. The summed E-state index contributed by atoms with van der Waals surface area (Å²) in [5.41, 5.74) is 0. The second kappa shape index (κ2) is 5.53. The molecule has 0 aliphatic heterocycles. The van der Waals surface area contributed by atoms with Crippen LogP contribution in [0.3, 0.4) is 0 Å². The van der Waals surface area contributed by atoms with E-state index >= 15 is 0 Å². The molecule has 0 nitrogen and oxygen atoms in total. The van der Waals surface area contributed by atoms with Gasteiger partial charge in [-0.2, -0.15) is 0 Å². The van der Waals surface area contributed by atoms with Crippen molar-refractivity contribution in [2.75, 3.05) is 0 Å². The molecule has 0 atom stereocenters. The van der Waals surface area contributed by atoms with Crippen LogP contribution in [0.4, 0.5) is 22.0 Å². The molecule has 0 heterocycles. The van der Waals surface area contributed by atoms with Crippen LogP contribution in [0.25, 0.3) is 0 Å². The van der Waals surface area contributed by atoms with E-state index in [9.17, 15) is 22.0 Å². The zero-order valence-corrected chi connectivity index (χ0v) is 12.9. The van der Waals surface area contributed by atoms with Gasteiger partial charge >= 0.3 is 114 Å². The zero-order chi connectivity index (χ0) is 14.0. The van der Waals surface area contributed by atoms with Gasteiger partial charge in [-0.3, -0.25) is 0 Å². The number of hydrogen-bond donors (Lipinski definition) is 0.